The number of pyridine rings is 1. The quantitative estimate of drug-likeness (QED) is 0.623. The van der Waals surface area contributed by atoms with Gasteiger partial charge in [0.15, 0.2) is 12.8 Å². The van der Waals surface area contributed by atoms with Gasteiger partial charge in [0.05, 0.1) is 16.8 Å². The first-order chi connectivity index (χ1) is 10.8. The molecule has 0 bridgehead atoms. The average Bonchev–Trinajstić information content (AvgIpc) is 2.55. The molecule has 1 aliphatic heterocycles. The van der Waals surface area contributed by atoms with Gasteiger partial charge in [-0.2, -0.15) is 0 Å². The van der Waals surface area contributed by atoms with Crippen LogP contribution in [0.4, 0.5) is 0 Å². The van der Waals surface area contributed by atoms with Gasteiger partial charge in [0, 0.05) is 17.4 Å². The molecule has 2 heteroatoms. The Labute approximate surface area is 130 Å². The minimum Gasteiger partial charge on any atom is -0.252 e. The highest BCUT2D eigenvalue weighted by atomic mass is 15.0. The lowest BCUT2D eigenvalue weighted by Gasteiger charge is -2.14. The topological polar surface area (TPSA) is 15.9 Å². The second-order valence-electron chi connectivity index (χ2n) is 5.97. The molecule has 0 saturated carbocycles. The molecule has 0 fully saturated rings. The second-order valence-corrected chi connectivity index (χ2v) is 5.97. The maximum absolute atomic E-state index is 4.73. The van der Waals surface area contributed by atoms with Crippen molar-refractivity contribution in [1.82, 2.24) is 4.98 Å². The Hall–Kier alpha value is -2.48. The number of fused-ring (bicyclic) bond motifs is 2. The number of para-hydroxylation sites is 1. The van der Waals surface area contributed by atoms with E-state index in [4.69, 9.17) is 4.98 Å². The van der Waals surface area contributed by atoms with E-state index in [1.165, 1.54) is 22.1 Å². The third-order valence-electron chi connectivity index (χ3n) is 4.44. The first kappa shape index (κ1) is 13.2. The summed E-state index contributed by atoms with van der Waals surface area (Å²) in [5, 5.41) is 1.21. The number of benzene rings is 2. The molecule has 2 heterocycles. The fraction of sp³-hybridized carbons (Fsp3) is 0.200. The third-order valence-corrected chi connectivity index (χ3v) is 4.44. The van der Waals surface area contributed by atoms with Crippen LogP contribution < -0.4 is 0 Å². The summed E-state index contributed by atoms with van der Waals surface area (Å²) in [5.41, 5.74) is 6.31. The molecule has 0 unspecified atom stereocenters. The molecular weight excluding hydrogens is 268 g/mol. The molecule has 3 aromatic rings. The fourth-order valence-electron chi connectivity index (χ4n) is 3.18. The zero-order valence-electron chi connectivity index (χ0n) is 12.8. The van der Waals surface area contributed by atoms with Gasteiger partial charge in [-0.3, -0.25) is 4.98 Å². The van der Waals surface area contributed by atoms with Crippen molar-refractivity contribution in [2.24, 2.45) is 0 Å². The highest BCUT2D eigenvalue weighted by molar-refractivity contribution is 5.87. The van der Waals surface area contributed by atoms with Crippen LogP contribution >= 0.6 is 0 Å². The van der Waals surface area contributed by atoms with Crippen molar-refractivity contribution in [1.29, 1.82) is 0 Å². The molecule has 0 radical (unpaired) electrons. The Bertz CT molecular complexity index is 878. The van der Waals surface area contributed by atoms with Gasteiger partial charge in [0.2, 0.25) is 0 Å². The van der Waals surface area contributed by atoms with Crippen LogP contribution in [0.25, 0.3) is 10.9 Å². The number of nitrogens with zero attached hydrogens (tertiary/aromatic N) is 2. The van der Waals surface area contributed by atoms with Crippen LogP contribution in [0.15, 0.2) is 54.6 Å². The van der Waals surface area contributed by atoms with Gasteiger partial charge in [-0.25, -0.2) is 4.58 Å². The monoisotopic (exact) mass is 287 g/mol. The van der Waals surface area contributed by atoms with Gasteiger partial charge in [-0.1, -0.05) is 42.5 Å². The summed E-state index contributed by atoms with van der Waals surface area (Å²) in [4.78, 5) is 4.73. The third kappa shape index (κ3) is 2.41. The SMILES string of the molecule is Cc1nc2ccccc2cc1C=[N+]1CCc2ccccc2C1. The van der Waals surface area contributed by atoms with E-state index in [1.807, 2.05) is 6.07 Å². The predicted octanol–water partition coefficient (Wildman–Crippen LogP) is 3.73. The molecule has 108 valence electrons. The summed E-state index contributed by atoms with van der Waals surface area (Å²) < 4.78 is 2.40. The lowest BCUT2D eigenvalue weighted by molar-refractivity contribution is -0.542. The van der Waals surface area contributed by atoms with Gasteiger partial charge in [0.1, 0.15) is 6.54 Å². The number of aryl methyl sites for hydroxylation is 1. The van der Waals surface area contributed by atoms with E-state index in [0.717, 1.165) is 30.7 Å². The van der Waals surface area contributed by atoms with Gasteiger partial charge >= 0.3 is 0 Å². The normalized spacial score (nSPS) is 16.0. The predicted molar refractivity (Wildman–Crippen MR) is 90.6 cm³/mol. The van der Waals surface area contributed by atoms with E-state index in [1.54, 1.807) is 0 Å². The van der Waals surface area contributed by atoms with Crippen molar-refractivity contribution >= 4 is 17.1 Å². The Morgan fingerprint density at radius 1 is 1.00 bits per heavy atom. The Balaban J connectivity index is 1.73. The molecule has 0 atom stereocenters. The molecule has 1 aliphatic rings. The van der Waals surface area contributed by atoms with Crippen molar-refractivity contribution in [3.8, 4) is 0 Å². The minimum absolute atomic E-state index is 0.989. The first-order valence-electron chi connectivity index (χ1n) is 7.82. The summed E-state index contributed by atoms with van der Waals surface area (Å²) in [6.07, 6.45) is 3.39. The lowest BCUT2D eigenvalue weighted by Crippen LogP contribution is -2.23. The number of aromatic nitrogens is 1. The molecule has 0 amide bonds. The molecule has 0 N–H and O–H groups in total. The van der Waals surface area contributed by atoms with Gasteiger partial charge in [0.25, 0.3) is 0 Å². The number of hydrogen-bond acceptors (Lipinski definition) is 1. The van der Waals surface area contributed by atoms with E-state index < -0.39 is 0 Å². The Morgan fingerprint density at radius 3 is 2.68 bits per heavy atom. The molecule has 2 nitrogen and oxygen atoms in total. The second kappa shape index (κ2) is 5.38. The first-order valence-corrected chi connectivity index (χ1v) is 7.82. The van der Waals surface area contributed by atoms with Gasteiger partial charge in [-0.05, 0) is 24.6 Å². The molecule has 2 aromatic carbocycles. The van der Waals surface area contributed by atoms with E-state index in [9.17, 15) is 0 Å². The standard InChI is InChI=1S/C20H19N2/c1-15-19(12-17-7-4-5-9-20(17)21-15)14-22-11-10-16-6-2-3-8-18(16)13-22/h2-9,12,14H,10-11,13H2,1H3/q+1. The lowest BCUT2D eigenvalue weighted by atomic mass is 10.0. The maximum atomic E-state index is 4.73. The van der Waals surface area contributed by atoms with E-state index in [0.29, 0.717) is 0 Å². The van der Waals surface area contributed by atoms with Crippen LogP contribution in [0.2, 0.25) is 0 Å². The molecule has 4 rings (SSSR count). The van der Waals surface area contributed by atoms with Crippen molar-refractivity contribution in [2.75, 3.05) is 6.54 Å². The van der Waals surface area contributed by atoms with E-state index >= 15 is 0 Å². The molecular formula is C20H19N2+. The van der Waals surface area contributed by atoms with Crippen molar-refractivity contribution < 1.29 is 4.58 Å². The van der Waals surface area contributed by atoms with Gasteiger partial charge in [-0.15, -0.1) is 0 Å². The molecule has 1 aromatic heterocycles. The fourth-order valence-corrected chi connectivity index (χ4v) is 3.18. The average molecular weight is 287 g/mol. The highest BCUT2D eigenvalue weighted by Gasteiger charge is 2.17. The van der Waals surface area contributed by atoms with Crippen molar-refractivity contribution in [2.45, 2.75) is 19.9 Å². The Morgan fingerprint density at radius 2 is 1.77 bits per heavy atom. The van der Waals surface area contributed by atoms with Crippen molar-refractivity contribution in [3.05, 3.63) is 77.0 Å². The molecule has 0 aliphatic carbocycles. The summed E-state index contributed by atoms with van der Waals surface area (Å²) in [7, 11) is 0. The zero-order valence-corrected chi connectivity index (χ0v) is 12.8. The van der Waals surface area contributed by atoms with E-state index in [2.05, 4.69) is 66.2 Å². The molecule has 0 spiro atoms. The summed E-state index contributed by atoms with van der Waals surface area (Å²) in [6.45, 7) is 4.15. The van der Waals surface area contributed by atoms with Crippen LogP contribution in [0.1, 0.15) is 22.4 Å². The van der Waals surface area contributed by atoms with Crippen LogP contribution in [-0.4, -0.2) is 22.3 Å². The van der Waals surface area contributed by atoms with E-state index in [-0.39, 0.29) is 0 Å². The highest BCUT2D eigenvalue weighted by Crippen LogP contribution is 2.18. The molecule has 22 heavy (non-hydrogen) atoms. The summed E-state index contributed by atoms with van der Waals surface area (Å²) >= 11 is 0. The van der Waals surface area contributed by atoms with Crippen LogP contribution in [0.5, 0.6) is 0 Å². The maximum Gasteiger partial charge on any atom is 0.172 e. The van der Waals surface area contributed by atoms with Crippen LogP contribution in [0, 0.1) is 6.92 Å². The largest absolute Gasteiger partial charge is 0.252 e. The number of hydrogen-bond donors (Lipinski definition) is 0. The van der Waals surface area contributed by atoms with Crippen LogP contribution in [-0.2, 0) is 13.0 Å². The smallest absolute Gasteiger partial charge is 0.172 e. The zero-order chi connectivity index (χ0) is 14.9. The van der Waals surface area contributed by atoms with Crippen LogP contribution in [0.3, 0.4) is 0 Å². The minimum atomic E-state index is 0.989. The van der Waals surface area contributed by atoms with Crippen molar-refractivity contribution in [3.63, 3.8) is 0 Å². The van der Waals surface area contributed by atoms with Gasteiger partial charge < -0.3 is 0 Å². The molecule has 0 saturated heterocycles. The summed E-state index contributed by atoms with van der Waals surface area (Å²) in [5.74, 6) is 0. The number of rotatable bonds is 1. The summed E-state index contributed by atoms with van der Waals surface area (Å²) in [6, 6.07) is 19.3. The Kier molecular flexibility index (Phi) is 3.23.